The molecule has 0 amide bonds. The molecule has 0 aromatic heterocycles. The van der Waals surface area contributed by atoms with Crippen molar-refractivity contribution in [1.29, 1.82) is 0 Å². The molecule has 0 spiro atoms. The first kappa shape index (κ1) is 16.3. The number of ether oxygens (including phenoxy) is 1. The summed E-state index contributed by atoms with van der Waals surface area (Å²) < 4.78 is 44.6. The summed E-state index contributed by atoms with van der Waals surface area (Å²) in [5, 5.41) is 0. The van der Waals surface area contributed by atoms with E-state index in [0.29, 0.717) is 19.7 Å². The van der Waals surface area contributed by atoms with Gasteiger partial charge in [-0.15, -0.1) is 0 Å². The predicted octanol–water partition coefficient (Wildman–Crippen LogP) is 2.81. The third-order valence-corrected chi connectivity index (χ3v) is 3.83. The molecule has 3 atom stereocenters. The maximum Gasteiger partial charge on any atom is 0.416 e. The van der Waals surface area contributed by atoms with E-state index in [1.807, 2.05) is 13.8 Å². The highest BCUT2D eigenvalue weighted by Crippen LogP contribution is 2.34. The van der Waals surface area contributed by atoms with E-state index >= 15 is 0 Å². The zero-order valence-corrected chi connectivity index (χ0v) is 12.2. The van der Waals surface area contributed by atoms with Crippen LogP contribution in [0.4, 0.5) is 13.2 Å². The molecular weight excluding hydrogens is 281 g/mol. The summed E-state index contributed by atoms with van der Waals surface area (Å²) in [4.78, 5) is 2.09. The Morgan fingerprint density at radius 3 is 2.67 bits per heavy atom. The van der Waals surface area contributed by atoms with Crippen molar-refractivity contribution in [1.82, 2.24) is 4.90 Å². The van der Waals surface area contributed by atoms with Gasteiger partial charge >= 0.3 is 6.18 Å². The number of halogens is 3. The molecule has 1 fully saturated rings. The minimum atomic E-state index is -4.38. The van der Waals surface area contributed by atoms with Gasteiger partial charge in [0.25, 0.3) is 0 Å². The van der Waals surface area contributed by atoms with E-state index in [2.05, 4.69) is 4.90 Å². The highest BCUT2D eigenvalue weighted by molar-refractivity contribution is 5.32. The van der Waals surface area contributed by atoms with Crippen molar-refractivity contribution in [3.63, 3.8) is 0 Å². The van der Waals surface area contributed by atoms with E-state index < -0.39 is 17.8 Å². The van der Waals surface area contributed by atoms with Crippen molar-refractivity contribution in [3.8, 4) is 0 Å². The number of hydrogen-bond acceptors (Lipinski definition) is 3. The first-order valence-electron chi connectivity index (χ1n) is 7.06. The number of nitrogens with two attached hydrogens (primary N) is 1. The molecule has 1 aliphatic heterocycles. The zero-order valence-electron chi connectivity index (χ0n) is 12.2. The third kappa shape index (κ3) is 3.96. The first-order chi connectivity index (χ1) is 9.79. The van der Waals surface area contributed by atoms with Gasteiger partial charge in [0, 0.05) is 25.2 Å². The molecule has 1 aromatic rings. The molecule has 1 aromatic carbocycles. The summed E-state index contributed by atoms with van der Waals surface area (Å²) >= 11 is 0. The molecule has 21 heavy (non-hydrogen) atoms. The summed E-state index contributed by atoms with van der Waals surface area (Å²) in [7, 11) is 0. The minimum absolute atomic E-state index is 0.0752. The number of benzene rings is 1. The topological polar surface area (TPSA) is 38.5 Å². The molecule has 0 bridgehead atoms. The molecule has 6 heteroatoms. The summed E-state index contributed by atoms with van der Waals surface area (Å²) in [5.74, 6) is 0. The van der Waals surface area contributed by atoms with Gasteiger partial charge in [0.2, 0.25) is 0 Å². The van der Waals surface area contributed by atoms with Crippen LogP contribution in [0.3, 0.4) is 0 Å². The average molecular weight is 302 g/mol. The highest BCUT2D eigenvalue weighted by Gasteiger charge is 2.35. The Balaban J connectivity index is 2.15. The molecule has 2 N–H and O–H groups in total. The van der Waals surface area contributed by atoms with Crippen LogP contribution in [-0.4, -0.2) is 36.7 Å². The van der Waals surface area contributed by atoms with Crippen LogP contribution in [-0.2, 0) is 10.9 Å². The number of hydrogen-bond donors (Lipinski definition) is 1. The van der Waals surface area contributed by atoms with Crippen LogP contribution in [0.1, 0.15) is 31.0 Å². The van der Waals surface area contributed by atoms with Crippen molar-refractivity contribution in [2.75, 3.05) is 19.7 Å². The smallest absolute Gasteiger partial charge is 0.376 e. The Bertz CT molecular complexity index is 478. The maximum absolute atomic E-state index is 13.0. The van der Waals surface area contributed by atoms with Crippen molar-refractivity contribution >= 4 is 0 Å². The van der Waals surface area contributed by atoms with E-state index in [4.69, 9.17) is 10.5 Å². The fourth-order valence-corrected chi connectivity index (χ4v) is 2.66. The van der Waals surface area contributed by atoms with E-state index in [0.717, 1.165) is 6.07 Å². The minimum Gasteiger partial charge on any atom is -0.376 e. The lowest BCUT2D eigenvalue weighted by molar-refractivity contribution is -0.138. The number of rotatable bonds is 3. The summed E-state index contributed by atoms with van der Waals surface area (Å²) in [6.45, 7) is 5.60. The molecule has 3 unspecified atom stereocenters. The second kappa shape index (κ2) is 6.34. The lowest BCUT2D eigenvalue weighted by Crippen LogP contribution is -2.49. The first-order valence-corrected chi connectivity index (χ1v) is 7.06. The molecule has 1 saturated heterocycles. The number of nitrogens with zero attached hydrogens (tertiary/aromatic N) is 1. The lowest BCUT2D eigenvalue weighted by Gasteiger charge is -2.38. The second-order valence-electron chi connectivity index (χ2n) is 5.64. The number of alkyl halides is 3. The molecule has 0 saturated carbocycles. The predicted molar refractivity (Wildman–Crippen MR) is 74.8 cm³/mol. The molecule has 1 aliphatic rings. The molecule has 0 aliphatic carbocycles. The average Bonchev–Trinajstić information content (AvgIpc) is 2.42. The fraction of sp³-hybridized carbons (Fsp3) is 0.600. The van der Waals surface area contributed by atoms with Crippen LogP contribution in [0.25, 0.3) is 0 Å². The van der Waals surface area contributed by atoms with E-state index in [1.54, 1.807) is 6.07 Å². The van der Waals surface area contributed by atoms with Crippen LogP contribution in [0.15, 0.2) is 24.3 Å². The number of morpholine rings is 1. The van der Waals surface area contributed by atoms with Crippen molar-refractivity contribution in [3.05, 3.63) is 35.4 Å². The monoisotopic (exact) mass is 302 g/mol. The van der Waals surface area contributed by atoms with E-state index in [9.17, 15) is 13.2 Å². The van der Waals surface area contributed by atoms with Crippen LogP contribution >= 0.6 is 0 Å². The SMILES string of the molecule is CC1CN(CC(N)c2ccccc2C(F)(F)F)C(C)CO1. The molecule has 1 heterocycles. The molecule has 3 nitrogen and oxygen atoms in total. The normalized spacial score (nSPS) is 25.8. The van der Waals surface area contributed by atoms with Crippen LogP contribution < -0.4 is 5.73 Å². The van der Waals surface area contributed by atoms with Crippen LogP contribution in [0, 0.1) is 0 Å². The standard InChI is InChI=1S/C15H21F3N2O/c1-10-9-21-11(2)7-20(10)8-14(19)12-5-3-4-6-13(12)15(16,17)18/h3-6,10-11,14H,7-9,19H2,1-2H3. The van der Waals surface area contributed by atoms with Gasteiger partial charge in [-0.3, -0.25) is 4.90 Å². The molecule has 2 rings (SSSR count). The van der Waals surface area contributed by atoms with Crippen LogP contribution in [0.5, 0.6) is 0 Å². The lowest BCUT2D eigenvalue weighted by atomic mass is 9.99. The Kier molecular flexibility index (Phi) is 4.91. The van der Waals surface area contributed by atoms with Gasteiger partial charge in [-0.1, -0.05) is 18.2 Å². The Hall–Kier alpha value is -1.11. The van der Waals surface area contributed by atoms with Gasteiger partial charge in [-0.2, -0.15) is 13.2 Å². The Labute approximate surface area is 122 Å². The van der Waals surface area contributed by atoms with Gasteiger partial charge in [-0.25, -0.2) is 0 Å². The third-order valence-electron chi connectivity index (χ3n) is 3.83. The van der Waals surface area contributed by atoms with Gasteiger partial charge in [0.05, 0.1) is 18.3 Å². The highest BCUT2D eigenvalue weighted by atomic mass is 19.4. The summed E-state index contributed by atoms with van der Waals surface area (Å²) in [5.41, 5.74) is 5.55. The molecule has 0 radical (unpaired) electrons. The Morgan fingerprint density at radius 1 is 1.33 bits per heavy atom. The summed E-state index contributed by atoms with van der Waals surface area (Å²) in [6, 6.07) is 5.01. The summed E-state index contributed by atoms with van der Waals surface area (Å²) in [6.07, 6.45) is -4.30. The van der Waals surface area contributed by atoms with Gasteiger partial charge in [-0.05, 0) is 25.5 Å². The van der Waals surface area contributed by atoms with E-state index in [-0.39, 0.29) is 17.7 Å². The second-order valence-corrected chi connectivity index (χ2v) is 5.64. The van der Waals surface area contributed by atoms with Crippen molar-refractivity contribution < 1.29 is 17.9 Å². The maximum atomic E-state index is 13.0. The zero-order chi connectivity index (χ0) is 15.6. The van der Waals surface area contributed by atoms with Crippen LogP contribution in [0.2, 0.25) is 0 Å². The van der Waals surface area contributed by atoms with Crippen molar-refractivity contribution in [2.24, 2.45) is 5.73 Å². The van der Waals surface area contributed by atoms with Gasteiger partial charge in [0.1, 0.15) is 0 Å². The quantitative estimate of drug-likeness (QED) is 0.933. The fourth-order valence-electron chi connectivity index (χ4n) is 2.66. The van der Waals surface area contributed by atoms with Gasteiger partial charge in [0.15, 0.2) is 0 Å². The molecule has 118 valence electrons. The van der Waals surface area contributed by atoms with Gasteiger partial charge < -0.3 is 10.5 Å². The van der Waals surface area contributed by atoms with E-state index in [1.165, 1.54) is 12.1 Å². The molecular formula is C15H21F3N2O. The Morgan fingerprint density at radius 2 is 2.00 bits per heavy atom. The largest absolute Gasteiger partial charge is 0.416 e. The van der Waals surface area contributed by atoms with Crippen molar-refractivity contribution in [2.45, 2.75) is 38.2 Å².